The van der Waals surface area contributed by atoms with Gasteiger partial charge in [-0.05, 0) is 20.3 Å². The van der Waals surface area contributed by atoms with Crippen molar-refractivity contribution in [2.75, 3.05) is 6.54 Å². The molecule has 5 heteroatoms. The molecule has 0 aromatic carbocycles. The van der Waals surface area contributed by atoms with E-state index in [9.17, 15) is 4.79 Å². The van der Waals surface area contributed by atoms with Crippen molar-refractivity contribution >= 4 is 17.3 Å². The highest BCUT2D eigenvalue weighted by Gasteiger charge is 2.30. The summed E-state index contributed by atoms with van der Waals surface area (Å²) in [7, 11) is 0. The molecule has 1 aliphatic rings. The maximum Gasteiger partial charge on any atom is 0.365 e. The summed E-state index contributed by atoms with van der Waals surface area (Å²) in [6.07, 6.45) is 1.95. The van der Waals surface area contributed by atoms with Crippen molar-refractivity contribution in [1.29, 1.82) is 0 Å². The first kappa shape index (κ1) is 12.5. The third-order valence-electron chi connectivity index (χ3n) is 3.64. The lowest BCUT2D eigenvalue weighted by Gasteiger charge is -2.39. The van der Waals surface area contributed by atoms with Gasteiger partial charge in [0.25, 0.3) is 0 Å². The van der Waals surface area contributed by atoms with Crippen molar-refractivity contribution in [2.24, 2.45) is 0 Å². The minimum absolute atomic E-state index is 0.172. The van der Waals surface area contributed by atoms with Crippen LogP contribution >= 0.6 is 11.3 Å². The van der Waals surface area contributed by atoms with Crippen LogP contribution < -0.4 is 0 Å². The van der Waals surface area contributed by atoms with Gasteiger partial charge in [-0.2, -0.15) is 0 Å². The van der Waals surface area contributed by atoms with Crippen LogP contribution in [0.4, 0.5) is 0 Å². The zero-order chi connectivity index (χ0) is 12.6. The average molecular weight is 254 g/mol. The number of hydrogen-bond acceptors (Lipinski definition) is 4. The van der Waals surface area contributed by atoms with E-state index in [-0.39, 0.29) is 10.5 Å². The number of nitrogens with zero attached hydrogens (tertiary/aromatic N) is 2. The van der Waals surface area contributed by atoms with Crippen LogP contribution in [-0.4, -0.2) is 33.0 Å². The van der Waals surface area contributed by atoms with Crippen LogP contribution in [0.25, 0.3) is 0 Å². The fourth-order valence-corrected chi connectivity index (χ4v) is 2.99. The molecule has 2 heterocycles. The third kappa shape index (κ3) is 2.35. The van der Waals surface area contributed by atoms with Crippen molar-refractivity contribution in [3.63, 3.8) is 0 Å². The Labute approximate surface area is 105 Å². The Bertz CT molecular complexity index is 440. The lowest BCUT2D eigenvalue weighted by molar-refractivity contribution is 0.0696. The molecule has 1 N–H and O–H groups in total. The second-order valence-electron chi connectivity index (χ2n) is 5.03. The molecule has 94 valence electrons. The van der Waals surface area contributed by atoms with Crippen LogP contribution in [0.15, 0.2) is 0 Å². The lowest BCUT2D eigenvalue weighted by Crippen LogP contribution is -2.45. The smallest absolute Gasteiger partial charge is 0.365 e. The van der Waals surface area contributed by atoms with Crippen LogP contribution in [0.1, 0.15) is 47.6 Å². The largest absolute Gasteiger partial charge is 0.476 e. The molecule has 0 bridgehead atoms. The van der Waals surface area contributed by atoms with E-state index >= 15 is 0 Å². The first-order valence-electron chi connectivity index (χ1n) is 5.91. The molecule has 0 spiro atoms. The van der Waals surface area contributed by atoms with Gasteiger partial charge in [-0.15, -0.1) is 11.3 Å². The van der Waals surface area contributed by atoms with Crippen LogP contribution in [-0.2, 0) is 13.0 Å². The number of thiazole rings is 1. The van der Waals surface area contributed by atoms with Gasteiger partial charge < -0.3 is 5.11 Å². The quantitative estimate of drug-likeness (QED) is 0.900. The van der Waals surface area contributed by atoms with Crippen molar-refractivity contribution in [3.05, 3.63) is 15.6 Å². The van der Waals surface area contributed by atoms with E-state index in [0.717, 1.165) is 36.5 Å². The molecule has 0 aliphatic carbocycles. The molecule has 4 nitrogen and oxygen atoms in total. The summed E-state index contributed by atoms with van der Waals surface area (Å²) in [6.45, 7) is 8.46. The van der Waals surface area contributed by atoms with Crippen molar-refractivity contribution in [3.8, 4) is 0 Å². The van der Waals surface area contributed by atoms with Gasteiger partial charge in [-0.1, -0.05) is 6.92 Å². The molecule has 17 heavy (non-hydrogen) atoms. The van der Waals surface area contributed by atoms with E-state index in [0.29, 0.717) is 0 Å². The summed E-state index contributed by atoms with van der Waals surface area (Å²) in [5.74, 6) is -0.911. The SMILES string of the molecule is CCC(C)(C)N1CCc2nc(C(=O)O)sc2C1. The monoisotopic (exact) mass is 254 g/mol. The second-order valence-corrected chi connectivity index (χ2v) is 6.12. The zero-order valence-electron chi connectivity index (χ0n) is 10.5. The van der Waals surface area contributed by atoms with Crippen molar-refractivity contribution in [2.45, 2.75) is 45.7 Å². The Hall–Kier alpha value is -0.940. The van der Waals surface area contributed by atoms with Gasteiger partial charge in [0.05, 0.1) is 5.69 Å². The molecule has 2 rings (SSSR count). The molecular weight excluding hydrogens is 236 g/mol. The Morgan fingerprint density at radius 2 is 2.29 bits per heavy atom. The van der Waals surface area contributed by atoms with E-state index in [1.165, 1.54) is 11.3 Å². The first-order chi connectivity index (χ1) is 7.94. The van der Waals surface area contributed by atoms with E-state index in [1.807, 2.05) is 0 Å². The summed E-state index contributed by atoms with van der Waals surface area (Å²) in [4.78, 5) is 18.6. The van der Waals surface area contributed by atoms with Crippen LogP contribution in [0.5, 0.6) is 0 Å². The number of carboxylic acids is 1. The molecule has 0 saturated heterocycles. The highest BCUT2D eigenvalue weighted by molar-refractivity contribution is 7.13. The fraction of sp³-hybridized carbons (Fsp3) is 0.667. The van der Waals surface area contributed by atoms with E-state index < -0.39 is 5.97 Å². The molecule has 1 aliphatic heterocycles. The van der Waals surface area contributed by atoms with Crippen LogP contribution in [0.3, 0.4) is 0 Å². The van der Waals surface area contributed by atoms with Crippen LogP contribution in [0.2, 0.25) is 0 Å². The number of hydrogen-bond donors (Lipinski definition) is 1. The van der Waals surface area contributed by atoms with Gasteiger partial charge >= 0.3 is 5.97 Å². The summed E-state index contributed by atoms with van der Waals surface area (Å²) in [6, 6.07) is 0. The topological polar surface area (TPSA) is 53.4 Å². The predicted molar refractivity (Wildman–Crippen MR) is 67.6 cm³/mol. The molecule has 0 amide bonds. The number of carbonyl (C=O) groups is 1. The Kier molecular flexibility index (Phi) is 3.23. The van der Waals surface area contributed by atoms with E-state index in [4.69, 9.17) is 5.11 Å². The van der Waals surface area contributed by atoms with Gasteiger partial charge in [-0.3, -0.25) is 4.90 Å². The van der Waals surface area contributed by atoms with E-state index in [1.54, 1.807) is 0 Å². The first-order valence-corrected chi connectivity index (χ1v) is 6.72. The average Bonchev–Trinajstić information content (AvgIpc) is 2.71. The molecule has 0 radical (unpaired) electrons. The van der Waals surface area contributed by atoms with Gasteiger partial charge in [0.2, 0.25) is 5.01 Å². The minimum Gasteiger partial charge on any atom is -0.476 e. The normalized spacial score (nSPS) is 16.9. The Morgan fingerprint density at radius 3 is 2.88 bits per heavy atom. The van der Waals surface area contributed by atoms with Crippen LogP contribution in [0, 0.1) is 0 Å². The number of rotatable bonds is 3. The predicted octanol–water partition coefficient (Wildman–Crippen LogP) is 2.39. The molecular formula is C12H18N2O2S. The molecule has 0 unspecified atom stereocenters. The summed E-state index contributed by atoms with van der Waals surface area (Å²) in [5, 5.41) is 9.17. The highest BCUT2D eigenvalue weighted by atomic mass is 32.1. The summed E-state index contributed by atoms with van der Waals surface area (Å²) in [5.41, 5.74) is 1.15. The molecule has 0 fully saturated rings. The van der Waals surface area contributed by atoms with Gasteiger partial charge in [0.15, 0.2) is 0 Å². The maximum atomic E-state index is 10.9. The second kappa shape index (κ2) is 4.38. The number of carboxylic acid groups (broad SMARTS) is 1. The maximum absolute atomic E-state index is 10.9. The molecule has 1 aromatic rings. The highest BCUT2D eigenvalue weighted by Crippen LogP contribution is 2.30. The van der Waals surface area contributed by atoms with Gasteiger partial charge in [0.1, 0.15) is 0 Å². The Morgan fingerprint density at radius 1 is 1.59 bits per heavy atom. The van der Waals surface area contributed by atoms with Crippen molar-refractivity contribution in [1.82, 2.24) is 9.88 Å². The van der Waals surface area contributed by atoms with E-state index in [2.05, 4.69) is 30.7 Å². The number of fused-ring (bicyclic) bond motifs is 1. The lowest BCUT2D eigenvalue weighted by atomic mass is 9.97. The Balaban J connectivity index is 2.21. The standard InChI is InChI=1S/C12H18N2O2S/c1-4-12(2,3)14-6-5-8-9(7-14)17-10(13-8)11(15)16/h4-7H2,1-3H3,(H,15,16). The molecule has 0 atom stereocenters. The summed E-state index contributed by atoms with van der Waals surface area (Å²) < 4.78 is 0. The molecule has 1 aromatic heterocycles. The zero-order valence-corrected chi connectivity index (χ0v) is 11.3. The number of aromatic carboxylic acids is 1. The molecule has 0 saturated carbocycles. The third-order valence-corrected chi connectivity index (χ3v) is 4.71. The van der Waals surface area contributed by atoms with Crippen molar-refractivity contribution < 1.29 is 9.90 Å². The fourth-order valence-electron chi connectivity index (χ4n) is 2.03. The number of aromatic nitrogens is 1. The van der Waals surface area contributed by atoms with Gasteiger partial charge in [0, 0.05) is 29.9 Å². The minimum atomic E-state index is -0.911. The summed E-state index contributed by atoms with van der Waals surface area (Å²) >= 11 is 1.32. The van der Waals surface area contributed by atoms with Gasteiger partial charge in [-0.25, -0.2) is 9.78 Å².